The zero-order valence-corrected chi connectivity index (χ0v) is 17.6. The Morgan fingerprint density at radius 2 is 2.03 bits per heavy atom. The van der Waals surface area contributed by atoms with Gasteiger partial charge in [0.15, 0.2) is 17.6 Å². The molecule has 1 saturated heterocycles. The van der Waals surface area contributed by atoms with Crippen molar-refractivity contribution in [3.05, 3.63) is 24.5 Å². The van der Waals surface area contributed by atoms with Gasteiger partial charge in [-0.3, -0.25) is 4.79 Å². The van der Waals surface area contributed by atoms with Crippen LogP contribution in [0.15, 0.2) is 24.5 Å². The number of carbonyl (C=O) groups is 1. The van der Waals surface area contributed by atoms with Gasteiger partial charge in [0, 0.05) is 25.2 Å². The quantitative estimate of drug-likeness (QED) is 0.751. The van der Waals surface area contributed by atoms with E-state index in [1.54, 1.807) is 30.0 Å². The summed E-state index contributed by atoms with van der Waals surface area (Å²) in [4.78, 5) is 18.8. The number of alkyl halides is 2. The molecule has 0 saturated carbocycles. The lowest BCUT2D eigenvalue weighted by Gasteiger charge is -2.40. The number of likely N-dealkylation sites (tertiary alicyclic amines) is 1. The number of anilines is 1. The summed E-state index contributed by atoms with van der Waals surface area (Å²) >= 11 is 0. The van der Waals surface area contributed by atoms with Crippen LogP contribution >= 0.6 is 0 Å². The average Bonchev–Trinajstić information content (AvgIpc) is 3.46. The van der Waals surface area contributed by atoms with Gasteiger partial charge in [-0.25, -0.2) is 13.5 Å². The van der Waals surface area contributed by atoms with E-state index < -0.39 is 18.6 Å². The smallest absolute Gasteiger partial charge is 0.263 e. The molecule has 3 aliphatic heterocycles. The molecule has 9 nitrogen and oxygen atoms in total. The molecular formula is C21H25F2N5O4. The molecule has 0 radical (unpaired) electrons. The molecule has 5 rings (SSSR count). The number of carbonyl (C=O) groups excluding carboxylic acids is 1. The first-order valence-corrected chi connectivity index (χ1v) is 10.8. The van der Waals surface area contributed by atoms with Gasteiger partial charge in [0.05, 0.1) is 0 Å². The van der Waals surface area contributed by atoms with Crippen LogP contribution in [0.2, 0.25) is 0 Å². The highest BCUT2D eigenvalue weighted by atomic mass is 19.3. The molecule has 3 aliphatic rings. The first kappa shape index (κ1) is 20.8. The van der Waals surface area contributed by atoms with Gasteiger partial charge in [0.25, 0.3) is 12.3 Å². The summed E-state index contributed by atoms with van der Waals surface area (Å²) in [5.41, 5.74) is 0. The monoisotopic (exact) mass is 449 g/mol. The molecule has 1 aromatic carbocycles. The molecule has 0 aliphatic carbocycles. The molecule has 1 fully saturated rings. The maximum Gasteiger partial charge on any atom is 0.263 e. The Hall–Kier alpha value is -3.11. The third-order valence-electron chi connectivity index (χ3n) is 6.41. The van der Waals surface area contributed by atoms with Crippen molar-refractivity contribution in [3.63, 3.8) is 0 Å². The molecule has 1 aromatic heterocycles. The summed E-state index contributed by atoms with van der Waals surface area (Å²) in [6.07, 6.45) is -0.120. The predicted molar refractivity (Wildman–Crippen MR) is 109 cm³/mol. The summed E-state index contributed by atoms with van der Waals surface area (Å²) < 4.78 is 44.8. The first-order chi connectivity index (χ1) is 15.5. The fourth-order valence-corrected chi connectivity index (χ4v) is 4.68. The molecule has 1 amide bonds. The third-order valence-corrected chi connectivity index (χ3v) is 6.41. The number of rotatable bonds is 5. The third kappa shape index (κ3) is 3.91. The molecule has 172 valence electrons. The van der Waals surface area contributed by atoms with Gasteiger partial charge < -0.3 is 24.4 Å². The van der Waals surface area contributed by atoms with Crippen LogP contribution in [0.4, 0.5) is 14.7 Å². The van der Waals surface area contributed by atoms with Gasteiger partial charge in [-0.05, 0) is 44.2 Å². The van der Waals surface area contributed by atoms with Gasteiger partial charge in [-0.1, -0.05) is 0 Å². The van der Waals surface area contributed by atoms with Crippen LogP contribution in [0.3, 0.4) is 0 Å². The maximum atomic E-state index is 13.5. The van der Waals surface area contributed by atoms with Crippen molar-refractivity contribution in [2.45, 2.75) is 50.8 Å². The van der Waals surface area contributed by atoms with Crippen molar-refractivity contribution < 1.29 is 27.8 Å². The molecule has 11 heteroatoms. The highest BCUT2D eigenvalue weighted by Crippen LogP contribution is 2.37. The average molecular weight is 449 g/mol. The van der Waals surface area contributed by atoms with E-state index >= 15 is 0 Å². The molecule has 1 unspecified atom stereocenters. The van der Waals surface area contributed by atoms with E-state index in [1.165, 1.54) is 11.0 Å². The van der Waals surface area contributed by atoms with Gasteiger partial charge in [0.1, 0.15) is 18.1 Å². The van der Waals surface area contributed by atoms with Crippen LogP contribution in [0, 0.1) is 5.92 Å². The Kier molecular flexibility index (Phi) is 5.48. The summed E-state index contributed by atoms with van der Waals surface area (Å²) in [6.45, 7) is 3.02. The number of hydrogen-bond acceptors (Lipinski definition) is 7. The van der Waals surface area contributed by atoms with Gasteiger partial charge in [-0.2, -0.15) is 10.1 Å². The van der Waals surface area contributed by atoms with Crippen molar-refractivity contribution in [1.29, 1.82) is 0 Å². The number of aromatic nitrogens is 3. The van der Waals surface area contributed by atoms with Crippen molar-refractivity contribution in [2.75, 3.05) is 25.2 Å². The van der Waals surface area contributed by atoms with Crippen molar-refractivity contribution >= 4 is 11.9 Å². The Labute approximate surface area is 183 Å². The maximum absolute atomic E-state index is 13.5. The molecule has 1 N–H and O–H groups in total. The second-order valence-corrected chi connectivity index (χ2v) is 8.35. The summed E-state index contributed by atoms with van der Waals surface area (Å²) in [7, 11) is 0. The van der Waals surface area contributed by atoms with E-state index in [4.69, 9.17) is 14.2 Å². The minimum atomic E-state index is -2.50. The van der Waals surface area contributed by atoms with Crippen LogP contribution in [-0.4, -0.2) is 64.0 Å². The topological polar surface area (TPSA) is 90.7 Å². The lowest BCUT2D eigenvalue weighted by Crippen LogP contribution is -2.48. The highest BCUT2D eigenvalue weighted by molar-refractivity contribution is 5.81. The standard InChI is InChI=1S/C21H25F2N5O4/c1-12(32-14-2-3-17-18(8-14)31-11-30-17)20(29)27-6-4-13(5-7-27)15-9-16(19(22)23)28-21(26-15)24-10-25-28/h2-3,8,10,12-13,15-16,19H,4-7,9,11H2,1H3,(H,24,25,26)/t12?,15-,16+/m0/s1. The number of hydrogen-bond donors (Lipinski definition) is 1. The Balaban J connectivity index is 1.16. The Morgan fingerprint density at radius 3 is 2.81 bits per heavy atom. The lowest BCUT2D eigenvalue weighted by molar-refractivity contribution is -0.139. The van der Waals surface area contributed by atoms with E-state index in [1.807, 2.05) is 0 Å². The minimum Gasteiger partial charge on any atom is -0.481 e. The van der Waals surface area contributed by atoms with Crippen LogP contribution in [0.5, 0.6) is 17.2 Å². The highest BCUT2D eigenvalue weighted by Gasteiger charge is 2.39. The van der Waals surface area contributed by atoms with E-state index in [0.717, 1.165) is 12.8 Å². The number of amides is 1. The Bertz CT molecular complexity index is 979. The number of ether oxygens (including phenoxy) is 3. The fourth-order valence-electron chi connectivity index (χ4n) is 4.68. The molecule has 0 bridgehead atoms. The summed E-state index contributed by atoms with van der Waals surface area (Å²) in [5.74, 6) is 2.26. The number of fused-ring (bicyclic) bond motifs is 2. The molecule has 2 aromatic rings. The van der Waals surface area contributed by atoms with Gasteiger partial charge >= 0.3 is 0 Å². The number of piperidine rings is 1. The van der Waals surface area contributed by atoms with Crippen molar-refractivity contribution in [3.8, 4) is 17.2 Å². The van der Waals surface area contributed by atoms with Crippen LogP contribution < -0.4 is 19.5 Å². The first-order valence-electron chi connectivity index (χ1n) is 10.8. The summed E-state index contributed by atoms with van der Waals surface area (Å²) in [5, 5.41) is 7.19. The zero-order chi connectivity index (χ0) is 22.2. The van der Waals surface area contributed by atoms with Crippen molar-refractivity contribution in [1.82, 2.24) is 19.7 Å². The molecule has 3 atom stereocenters. The molecule has 32 heavy (non-hydrogen) atoms. The second kappa shape index (κ2) is 8.44. The Morgan fingerprint density at radius 1 is 1.25 bits per heavy atom. The van der Waals surface area contributed by atoms with E-state index in [-0.39, 0.29) is 31.1 Å². The van der Waals surface area contributed by atoms with Crippen LogP contribution in [0.25, 0.3) is 0 Å². The number of nitrogens with one attached hydrogen (secondary N) is 1. The minimum absolute atomic E-state index is 0.0945. The van der Waals surface area contributed by atoms with Crippen LogP contribution in [-0.2, 0) is 4.79 Å². The van der Waals surface area contributed by atoms with Gasteiger partial charge in [0.2, 0.25) is 12.7 Å². The van der Waals surface area contributed by atoms with Gasteiger partial charge in [-0.15, -0.1) is 0 Å². The molecule has 4 heterocycles. The summed E-state index contributed by atoms with van der Waals surface area (Å²) in [6, 6.07) is 4.12. The molecule has 0 spiro atoms. The number of nitrogens with zero attached hydrogens (tertiary/aromatic N) is 4. The van der Waals surface area contributed by atoms with E-state index in [9.17, 15) is 13.6 Å². The number of halogens is 2. The van der Waals surface area contributed by atoms with Crippen molar-refractivity contribution in [2.24, 2.45) is 5.92 Å². The van der Waals surface area contributed by atoms with Crippen LogP contribution in [0.1, 0.15) is 32.2 Å². The van der Waals surface area contributed by atoms with E-state index in [0.29, 0.717) is 36.3 Å². The fraction of sp³-hybridized carbons (Fsp3) is 0.571. The predicted octanol–water partition coefficient (Wildman–Crippen LogP) is 2.70. The second-order valence-electron chi connectivity index (χ2n) is 8.35. The lowest BCUT2D eigenvalue weighted by atomic mass is 9.85. The zero-order valence-electron chi connectivity index (χ0n) is 17.6. The molecular weight excluding hydrogens is 424 g/mol. The normalized spacial score (nSPS) is 23.6. The number of benzene rings is 1. The SMILES string of the molecule is CC(Oc1ccc2c(c1)OCO2)C(=O)N1CCC([C@@H]2C[C@H](C(F)F)n3ncnc3N2)CC1. The van der Waals surface area contributed by atoms with E-state index in [2.05, 4.69) is 15.4 Å². The largest absolute Gasteiger partial charge is 0.481 e.